The van der Waals surface area contributed by atoms with Crippen LogP contribution in [0.15, 0.2) is 54.9 Å². The van der Waals surface area contributed by atoms with Crippen LogP contribution in [0.4, 0.5) is 0 Å². The number of nitrogens with zero attached hydrogens (tertiary/aromatic N) is 2. The molecule has 4 heterocycles. The van der Waals surface area contributed by atoms with Gasteiger partial charge in [0.2, 0.25) is 0 Å². The molecule has 0 radical (unpaired) electrons. The first-order valence-corrected chi connectivity index (χ1v) is 13.3. The molecule has 1 saturated carbocycles. The van der Waals surface area contributed by atoms with Crippen molar-refractivity contribution in [2.45, 2.75) is 56.7 Å². The molecular formula is C29H41N2O3+. The molecule has 5 heteroatoms. The number of aromatic nitrogens is 1. The number of benzene rings is 1. The summed E-state index contributed by atoms with van der Waals surface area (Å²) in [5, 5.41) is 0. The van der Waals surface area contributed by atoms with Gasteiger partial charge < -0.3 is 18.7 Å². The second-order valence-electron chi connectivity index (χ2n) is 10.7. The van der Waals surface area contributed by atoms with E-state index in [0.29, 0.717) is 24.5 Å². The van der Waals surface area contributed by atoms with Gasteiger partial charge in [0.25, 0.3) is 0 Å². The molecule has 6 rings (SSSR count). The Kier molecular flexibility index (Phi) is 7.52. The average molecular weight is 466 g/mol. The molecule has 2 atom stereocenters. The third-order valence-electron chi connectivity index (χ3n) is 8.87. The van der Waals surface area contributed by atoms with Crippen LogP contribution < -0.4 is 4.74 Å². The molecule has 2 aromatic rings. The monoisotopic (exact) mass is 465 g/mol. The zero-order valence-electron chi connectivity index (χ0n) is 20.7. The Morgan fingerprint density at radius 3 is 2.50 bits per heavy atom. The Balaban J connectivity index is 1.21. The van der Waals surface area contributed by atoms with Gasteiger partial charge >= 0.3 is 0 Å². The van der Waals surface area contributed by atoms with Gasteiger partial charge in [0.15, 0.2) is 0 Å². The minimum atomic E-state index is -0.384. The lowest BCUT2D eigenvalue weighted by atomic mass is 9.80. The normalized spacial score (nSPS) is 28.6. The SMILES string of the molecule is CO[C@@](CO[C@H]1C[N+]2(CCCOc3ccccc3)CCC1CC2)(c1cccnc1)C1CCCC1. The molecule has 1 aromatic heterocycles. The zero-order valence-corrected chi connectivity index (χ0v) is 20.7. The number of methoxy groups -OCH3 is 1. The van der Waals surface area contributed by atoms with Crippen LogP contribution in [0.25, 0.3) is 0 Å². The molecule has 184 valence electrons. The van der Waals surface area contributed by atoms with Crippen molar-refractivity contribution in [3.63, 3.8) is 0 Å². The Morgan fingerprint density at radius 2 is 1.79 bits per heavy atom. The summed E-state index contributed by atoms with van der Waals surface area (Å²) in [4.78, 5) is 4.43. The number of piperidine rings is 3. The van der Waals surface area contributed by atoms with Crippen LogP contribution in [0, 0.1) is 11.8 Å². The van der Waals surface area contributed by atoms with Gasteiger partial charge in [-0.2, -0.15) is 0 Å². The molecular weight excluding hydrogens is 424 g/mol. The maximum atomic E-state index is 6.84. The van der Waals surface area contributed by atoms with Crippen LogP contribution in [0.1, 0.15) is 50.5 Å². The number of hydrogen-bond donors (Lipinski definition) is 0. The summed E-state index contributed by atoms with van der Waals surface area (Å²) in [6, 6.07) is 14.4. The van der Waals surface area contributed by atoms with Gasteiger partial charge in [0.05, 0.1) is 32.8 Å². The zero-order chi connectivity index (χ0) is 23.3. The molecule has 1 aromatic carbocycles. The molecule has 3 aliphatic heterocycles. The molecule has 5 nitrogen and oxygen atoms in total. The van der Waals surface area contributed by atoms with Crippen molar-refractivity contribution in [2.24, 2.45) is 11.8 Å². The predicted octanol–water partition coefficient (Wildman–Crippen LogP) is 5.21. The summed E-state index contributed by atoms with van der Waals surface area (Å²) < 4.78 is 20.3. The van der Waals surface area contributed by atoms with E-state index >= 15 is 0 Å². The largest absolute Gasteiger partial charge is 0.493 e. The summed E-state index contributed by atoms with van der Waals surface area (Å²) in [7, 11) is 1.87. The van der Waals surface area contributed by atoms with E-state index < -0.39 is 0 Å². The minimum Gasteiger partial charge on any atom is -0.493 e. The number of para-hydroxylation sites is 1. The molecule has 1 aliphatic carbocycles. The lowest BCUT2D eigenvalue weighted by Crippen LogP contribution is -2.65. The first-order chi connectivity index (χ1) is 16.7. The van der Waals surface area contributed by atoms with Crippen LogP contribution in [-0.4, -0.2) is 62.1 Å². The van der Waals surface area contributed by atoms with Crippen LogP contribution >= 0.6 is 0 Å². The maximum Gasteiger partial charge on any atom is 0.120 e. The van der Waals surface area contributed by atoms with Crippen molar-refractivity contribution >= 4 is 0 Å². The first kappa shape index (κ1) is 23.8. The van der Waals surface area contributed by atoms with Crippen molar-refractivity contribution in [3.8, 4) is 5.75 Å². The summed E-state index contributed by atoms with van der Waals surface area (Å²) >= 11 is 0. The standard InChI is InChI=1S/C29H41N2O3/c1-32-29(25-9-5-6-10-25,26-11-7-16-30-21-26)23-34-28-22-31(18-14-24(28)15-19-31)17-8-20-33-27-12-3-2-4-13-27/h2-4,7,11-13,16,21,24-25,28H,5-6,8-10,14-15,17-20,22-23H2,1H3/q+1/t24?,28-,29+,31?/m0/s1. The van der Waals surface area contributed by atoms with E-state index in [2.05, 4.69) is 11.1 Å². The van der Waals surface area contributed by atoms with Gasteiger partial charge in [-0.1, -0.05) is 37.1 Å². The van der Waals surface area contributed by atoms with Gasteiger partial charge in [-0.3, -0.25) is 4.98 Å². The molecule has 0 spiro atoms. The molecule has 0 N–H and O–H groups in total. The predicted molar refractivity (Wildman–Crippen MR) is 134 cm³/mol. The minimum absolute atomic E-state index is 0.324. The lowest BCUT2D eigenvalue weighted by molar-refractivity contribution is -0.946. The van der Waals surface area contributed by atoms with Gasteiger partial charge in [-0.05, 0) is 37.0 Å². The molecule has 4 fully saturated rings. The topological polar surface area (TPSA) is 40.6 Å². The fourth-order valence-corrected chi connectivity index (χ4v) is 6.85. The highest BCUT2D eigenvalue weighted by Gasteiger charge is 2.48. The molecule has 0 unspecified atom stereocenters. The number of fused-ring (bicyclic) bond motifs is 3. The second kappa shape index (κ2) is 10.8. The number of quaternary nitrogens is 1. The van der Waals surface area contributed by atoms with E-state index in [9.17, 15) is 0 Å². The van der Waals surface area contributed by atoms with Crippen molar-refractivity contribution in [2.75, 3.05) is 46.5 Å². The van der Waals surface area contributed by atoms with Gasteiger partial charge in [0, 0.05) is 50.2 Å². The summed E-state index contributed by atoms with van der Waals surface area (Å²) in [5.74, 6) is 2.16. The number of hydrogen-bond acceptors (Lipinski definition) is 4. The third kappa shape index (κ3) is 5.02. The van der Waals surface area contributed by atoms with E-state index in [0.717, 1.165) is 25.3 Å². The van der Waals surface area contributed by atoms with Crippen molar-refractivity contribution in [1.82, 2.24) is 4.98 Å². The number of pyridine rings is 1. The summed E-state index contributed by atoms with van der Waals surface area (Å²) in [6.07, 6.45) is 12.8. The number of ether oxygens (including phenoxy) is 3. The van der Waals surface area contributed by atoms with Crippen molar-refractivity contribution in [3.05, 3.63) is 60.4 Å². The first-order valence-electron chi connectivity index (χ1n) is 13.3. The Morgan fingerprint density at radius 1 is 1.00 bits per heavy atom. The fraction of sp³-hybridized carbons (Fsp3) is 0.621. The highest BCUT2D eigenvalue weighted by Crippen LogP contribution is 2.44. The van der Waals surface area contributed by atoms with Crippen LogP contribution in [0.2, 0.25) is 0 Å². The lowest BCUT2D eigenvalue weighted by Gasteiger charge is -2.53. The molecule has 3 saturated heterocycles. The van der Waals surface area contributed by atoms with Gasteiger partial charge in [0.1, 0.15) is 24.0 Å². The third-order valence-corrected chi connectivity index (χ3v) is 8.87. The Labute approximate surface area is 205 Å². The van der Waals surface area contributed by atoms with Crippen LogP contribution in [-0.2, 0) is 15.1 Å². The molecule has 2 bridgehead atoms. The van der Waals surface area contributed by atoms with Gasteiger partial charge in [-0.25, -0.2) is 0 Å². The molecule has 0 amide bonds. The van der Waals surface area contributed by atoms with E-state index in [4.69, 9.17) is 14.2 Å². The number of rotatable bonds is 11. The maximum absolute atomic E-state index is 6.84. The Hall–Kier alpha value is -1.95. The highest BCUT2D eigenvalue weighted by molar-refractivity contribution is 5.21. The van der Waals surface area contributed by atoms with Gasteiger partial charge in [-0.15, -0.1) is 0 Å². The Bertz CT molecular complexity index is 879. The quantitative estimate of drug-likeness (QED) is 0.337. The van der Waals surface area contributed by atoms with Crippen molar-refractivity contribution < 1.29 is 18.7 Å². The van der Waals surface area contributed by atoms with E-state index in [-0.39, 0.29) is 5.60 Å². The van der Waals surface area contributed by atoms with E-state index in [1.54, 1.807) is 0 Å². The van der Waals surface area contributed by atoms with E-state index in [1.165, 1.54) is 68.2 Å². The van der Waals surface area contributed by atoms with Crippen molar-refractivity contribution in [1.29, 1.82) is 0 Å². The highest BCUT2D eigenvalue weighted by atomic mass is 16.5. The summed E-state index contributed by atoms with van der Waals surface area (Å²) in [5.41, 5.74) is 0.790. The van der Waals surface area contributed by atoms with Crippen LogP contribution in [0.3, 0.4) is 0 Å². The summed E-state index contributed by atoms with van der Waals surface area (Å²) in [6.45, 7) is 6.31. The smallest absolute Gasteiger partial charge is 0.120 e. The van der Waals surface area contributed by atoms with E-state index in [1.807, 2.05) is 55.9 Å². The second-order valence-corrected chi connectivity index (χ2v) is 10.7. The average Bonchev–Trinajstić information content (AvgIpc) is 3.45. The fourth-order valence-electron chi connectivity index (χ4n) is 6.85. The molecule has 4 aliphatic rings. The van der Waals surface area contributed by atoms with Crippen LogP contribution in [0.5, 0.6) is 5.75 Å². The molecule has 34 heavy (non-hydrogen) atoms.